The molecule has 29 heavy (non-hydrogen) atoms. The zero-order valence-corrected chi connectivity index (χ0v) is 16.2. The number of phenols is 1. The molecular weight excluding hydrogens is 373 g/mol. The minimum absolute atomic E-state index is 0.0557. The molecule has 1 amide bonds. The Morgan fingerprint density at radius 2 is 1.86 bits per heavy atom. The van der Waals surface area contributed by atoms with Gasteiger partial charge in [-0.25, -0.2) is 9.37 Å². The summed E-state index contributed by atoms with van der Waals surface area (Å²) < 4.78 is 18.8. The van der Waals surface area contributed by atoms with Crippen molar-refractivity contribution in [2.45, 2.75) is 6.92 Å². The molecule has 0 spiro atoms. The van der Waals surface area contributed by atoms with E-state index in [-0.39, 0.29) is 11.7 Å². The number of pyridine rings is 1. The van der Waals surface area contributed by atoms with Crippen molar-refractivity contribution >= 4 is 17.4 Å². The van der Waals surface area contributed by atoms with Gasteiger partial charge < -0.3 is 20.5 Å². The van der Waals surface area contributed by atoms with Gasteiger partial charge in [0.05, 0.1) is 12.3 Å². The minimum Gasteiger partial charge on any atom is -0.507 e. The number of amides is 1. The Kier molecular flexibility index (Phi) is 6.41. The SMILES string of the molecule is COCCNc1cc(-c2ccc(NC(C)=O)cc2)cc(-c2cc(F)ccc2O)n1. The molecule has 3 aromatic rings. The van der Waals surface area contributed by atoms with Crippen molar-refractivity contribution in [2.24, 2.45) is 0 Å². The van der Waals surface area contributed by atoms with Crippen LogP contribution in [0.5, 0.6) is 5.75 Å². The normalized spacial score (nSPS) is 10.6. The number of anilines is 2. The monoisotopic (exact) mass is 395 g/mol. The third kappa shape index (κ3) is 5.30. The number of carbonyl (C=O) groups is 1. The van der Waals surface area contributed by atoms with Gasteiger partial charge in [-0.05, 0) is 53.6 Å². The highest BCUT2D eigenvalue weighted by Crippen LogP contribution is 2.33. The predicted molar refractivity (Wildman–Crippen MR) is 111 cm³/mol. The van der Waals surface area contributed by atoms with Crippen LogP contribution in [-0.4, -0.2) is 36.3 Å². The molecule has 0 bridgehead atoms. The molecule has 2 aromatic carbocycles. The molecule has 7 heteroatoms. The molecular formula is C22H22FN3O3. The lowest BCUT2D eigenvalue weighted by molar-refractivity contribution is -0.114. The fourth-order valence-electron chi connectivity index (χ4n) is 2.87. The highest BCUT2D eigenvalue weighted by molar-refractivity contribution is 5.89. The first-order valence-electron chi connectivity index (χ1n) is 9.08. The van der Waals surface area contributed by atoms with Crippen LogP contribution in [0.1, 0.15) is 6.92 Å². The summed E-state index contributed by atoms with van der Waals surface area (Å²) in [5, 5.41) is 16.1. The second-order valence-corrected chi connectivity index (χ2v) is 6.47. The van der Waals surface area contributed by atoms with E-state index in [1.54, 1.807) is 25.3 Å². The van der Waals surface area contributed by atoms with Crippen LogP contribution in [0.3, 0.4) is 0 Å². The van der Waals surface area contributed by atoms with Crippen molar-refractivity contribution in [2.75, 3.05) is 30.9 Å². The van der Waals surface area contributed by atoms with Gasteiger partial charge in [0, 0.05) is 31.8 Å². The molecule has 0 aliphatic rings. The highest BCUT2D eigenvalue weighted by atomic mass is 19.1. The third-order valence-electron chi connectivity index (χ3n) is 4.21. The number of ether oxygens (including phenoxy) is 1. The van der Waals surface area contributed by atoms with Crippen LogP contribution >= 0.6 is 0 Å². The Morgan fingerprint density at radius 1 is 1.10 bits per heavy atom. The number of hydrogen-bond donors (Lipinski definition) is 3. The minimum atomic E-state index is -0.460. The zero-order chi connectivity index (χ0) is 20.8. The summed E-state index contributed by atoms with van der Waals surface area (Å²) in [5.41, 5.74) is 3.14. The first kappa shape index (κ1) is 20.3. The number of methoxy groups -OCH3 is 1. The van der Waals surface area contributed by atoms with Gasteiger partial charge in [0.1, 0.15) is 17.4 Å². The van der Waals surface area contributed by atoms with Gasteiger partial charge in [-0.3, -0.25) is 4.79 Å². The van der Waals surface area contributed by atoms with Crippen LogP contribution < -0.4 is 10.6 Å². The van der Waals surface area contributed by atoms with Crippen molar-refractivity contribution in [3.8, 4) is 28.1 Å². The van der Waals surface area contributed by atoms with E-state index in [9.17, 15) is 14.3 Å². The van der Waals surface area contributed by atoms with Crippen LogP contribution in [0.2, 0.25) is 0 Å². The number of rotatable bonds is 7. The second-order valence-electron chi connectivity index (χ2n) is 6.47. The molecule has 0 unspecified atom stereocenters. The van der Waals surface area contributed by atoms with Gasteiger partial charge in [0.2, 0.25) is 5.91 Å². The van der Waals surface area contributed by atoms with Gasteiger partial charge in [0.15, 0.2) is 0 Å². The summed E-state index contributed by atoms with van der Waals surface area (Å²) in [6, 6.07) is 14.7. The smallest absolute Gasteiger partial charge is 0.221 e. The molecule has 6 nitrogen and oxygen atoms in total. The molecule has 3 N–H and O–H groups in total. The lowest BCUT2D eigenvalue weighted by atomic mass is 10.0. The number of carbonyl (C=O) groups excluding carboxylic acids is 1. The average Bonchev–Trinajstić information content (AvgIpc) is 2.70. The van der Waals surface area contributed by atoms with Gasteiger partial charge in [-0.2, -0.15) is 0 Å². The first-order valence-corrected chi connectivity index (χ1v) is 9.08. The van der Waals surface area contributed by atoms with Crippen LogP contribution in [0.15, 0.2) is 54.6 Å². The lowest BCUT2D eigenvalue weighted by Gasteiger charge is -2.12. The number of aromatic hydroxyl groups is 1. The van der Waals surface area contributed by atoms with E-state index in [1.807, 2.05) is 18.2 Å². The molecule has 1 heterocycles. The molecule has 150 valence electrons. The van der Waals surface area contributed by atoms with E-state index >= 15 is 0 Å². The number of hydrogen-bond acceptors (Lipinski definition) is 5. The van der Waals surface area contributed by atoms with Crippen molar-refractivity contribution in [3.63, 3.8) is 0 Å². The summed E-state index contributed by atoms with van der Waals surface area (Å²) in [4.78, 5) is 15.7. The van der Waals surface area contributed by atoms with E-state index in [2.05, 4.69) is 15.6 Å². The standard InChI is InChI=1S/C22H22FN3O3/c1-14(27)25-18-6-3-15(4-7-18)16-11-20(19-13-17(23)5-8-21(19)28)26-22(12-16)24-9-10-29-2/h3-8,11-13,28H,9-10H2,1-2H3,(H,24,26)(H,25,27). The van der Waals surface area contributed by atoms with Crippen LogP contribution in [0.4, 0.5) is 15.9 Å². The van der Waals surface area contributed by atoms with E-state index in [0.29, 0.717) is 35.9 Å². The molecule has 0 radical (unpaired) electrons. The van der Waals surface area contributed by atoms with Gasteiger partial charge in [-0.1, -0.05) is 12.1 Å². The summed E-state index contributed by atoms with van der Waals surface area (Å²) in [7, 11) is 1.61. The Labute approximate surface area is 168 Å². The molecule has 0 saturated heterocycles. The first-order chi connectivity index (χ1) is 14.0. The van der Waals surface area contributed by atoms with Crippen LogP contribution in [0.25, 0.3) is 22.4 Å². The molecule has 0 atom stereocenters. The summed E-state index contributed by atoms with van der Waals surface area (Å²) in [5.74, 6) is -0.0854. The van der Waals surface area contributed by atoms with Gasteiger partial charge in [-0.15, -0.1) is 0 Å². The fourth-order valence-corrected chi connectivity index (χ4v) is 2.87. The van der Waals surface area contributed by atoms with Crippen molar-refractivity contribution < 1.29 is 19.0 Å². The average molecular weight is 395 g/mol. The number of phenolic OH excluding ortho intramolecular Hbond substituents is 1. The number of nitrogens with one attached hydrogen (secondary N) is 2. The zero-order valence-electron chi connectivity index (χ0n) is 16.2. The van der Waals surface area contributed by atoms with Crippen molar-refractivity contribution in [1.82, 2.24) is 4.98 Å². The molecule has 0 aliphatic heterocycles. The molecule has 1 aromatic heterocycles. The number of nitrogens with zero attached hydrogens (tertiary/aromatic N) is 1. The Balaban J connectivity index is 2.02. The molecule has 0 saturated carbocycles. The van der Waals surface area contributed by atoms with E-state index in [0.717, 1.165) is 11.1 Å². The van der Waals surface area contributed by atoms with E-state index in [1.165, 1.54) is 25.1 Å². The van der Waals surface area contributed by atoms with Gasteiger partial charge >= 0.3 is 0 Å². The molecule has 3 rings (SSSR count). The maximum Gasteiger partial charge on any atom is 0.221 e. The molecule has 0 fully saturated rings. The number of benzene rings is 2. The number of aromatic nitrogens is 1. The highest BCUT2D eigenvalue weighted by Gasteiger charge is 2.12. The summed E-state index contributed by atoms with van der Waals surface area (Å²) in [6.45, 7) is 2.49. The van der Waals surface area contributed by atoms with Crippen LogP contribution in [0, 0.1) is 5.82 Å². The Hall–Kier alpha value is -3.45. The fraction of sp³-hybridized carbons (Fsp3) is 0.182. The molecule has 0 aliphatic carbocycles. The topological polar surface area (TPSA) is 83.5 Å². The predicted octanol–water partition coefficient (Wildman–Crippen LogP) is 4.28. The van der Waals surface area contributed by atoms with Crippen LogP contribution in [-0.2, 0) is 9.53 Å². The lowest BCUT2D eigenvalue weighted by Crippen LogP contribution is -2.09. The Bertz CT molecular complexity index is 1010. The largest absolute Gasteiger partial charge is 0.507 e. The maximum absolute atomic E-state index is 13.7. The van der Waals surface area contributed by atoms with E-state index in [4.69, 9.17) is 4.74 Å². The number of halogens is 1. The Morgan fingerprint density at radius 3 is 2.55 bits per heavy atom. The quantitative estimate of drug-likeness (QED) is 0.520. The third-order valence-corrected chi connectivity index (χ3v) is 4.21. The summed E-state index contributed by atoms with van der Waals surface area (Å²) >= 11 is 0. The second kappa shape index (κ2) is 9.16. The van der Waals surface area contributed by atoms with E-state index < -0.39 is 5.82 Å². The summed E-state index contributed by atoms with van der Waals surface area (Å²) in [6.07, 6.45) is 0. The van der Waals surface area contributed by atoms with Gasteiger partial charge in [0.25, 0.3) is 0 Å². The van der Waals surface area contributed by atoms with Crippen molar-refractivity contribution in [1.29, 1.82) is 0 Å². The van der Waals surface area contributed by atoms with Crippen molar-refractivity contribution in [3.05, 3.63) is 60.4 Å². The maximum atomic E-state index is 13.7.